The van der Waals surface area contributed by atoms with Crippen molar-refractivity contribution in [3.8, 4) is 0 Å². The summed E-state index contributed by atoms with van der Waals surface area (Å²) in [5.41, 5.74) is 1.81. The van der Waals surface area contributed by atoms with Crippen LogP contribution in [0.3, 0.4) is 0 Å². The summed E-state index contributed by atoms with van der Waals surface area (Å²) in [5, 5.41) is 4.11. The van der Waals surface area contributed by atoms with Crippen molar-refractivity contribution >= 4 is 23.2 Å². The van der Waals surface area contributed by atoms with Gasteiger partial charge >= 0.3 is 0 Å². The Kier molecular flexibility index (Phi) is 4.82. The number of hydrogen-bond donors (Lipinski definition) is 1. The highest BCUT2D eigenvalue weighted by Crippen LogP contribution is 2.37. The van der Waals surface area contributed by atoms with Crippen LogP contribution >= 0.6 is 11.6 Å². The van der Waals surface area contributed by atoms with Crippen LogP contribution in [0.4, 0.5) is 5.69 Å². The molecule has 0 aromatic heterocycles. The van der Waals surface area contributed by atoms with Gasteiger partial charge in [-0.15, -0.1) is 0 Å². The third-order valence-corrected chi connectivity index (χ3v) is 4.78. The molecule has 116 valence electrons. The summed E-state index contributed by atoms with van der Waals surface area (Å²) in [6.45, 7) is 4.62. The summed E-state index contributed by atoms with van der Waals surface area (Å²) in [6.07, 6.45) is 4.97. The maximum absolute atomic E-state index is 12.2. The second-order valence-electron chi connectivity index (χ2n) is 6.83. The number of carbonyl (C=O) groups is 1. The van der Waals surface area contributed by atoms with Gasteiger partial charge in [-0.25, -0.2) is 0 Å². The highest BCUT2D eigenvalue weighted by Gasteiger charge is 2.32. The van der Waals surface area contributed by atoms with E-state index in [1.165, 1.54) is 25.7 Å². The zero-order valence-electron chi connectivity index (χ0n) is 13.4. The van der Waals surface area contributed by atoms with Crippen LogP contribution in [0.1, 0.15) is 49.9 Å². The number of nitrogens with zero attached hydrogens (tertiary/aromatic N) is 1. The molecule has 4 heteroatoms. The molecule has 0 bridgehead atoms. The molecule has 0 saturated heterocycles. The Morgan fingerprint density at radius 2 is 2.05 bits per heavy atom. The molecule has 1 amide bonds. The molecule has 21 heavy (non-hydrogen) atoms. The lowest BCUT2D eigenvalue weighted by Gasteiger charge is -2.39. The maximum atomic E-state index is 12.2. The van der Waals surface area contributed by atoms with E-state index in [1.54, 1.807) is 25.1 Å². The molecular weight excluding hydrogens is 284 g/mol. The number of anilines is 1. The monoisotopic (exact) mass is 308 g/mol. The molecule has 1 saturated carbocycles. The van der Waals surface area contributed by atoms with E-state index in [1.807, 2.05) is 12.1 Å². The minimum Gasteiger partial charge on any atom is -0.382 e. The average molecular weight is 309 g/mol. The number of halogens is 1. The van der Waals surface area contributed by atoms with Gasteiger partial charge < -0.3 is 10.2 Å². The molecule has 0 radical (unpaired) electrons. The SMILES string of the molecule is CN(C)C(=O)c1cc(NC2CCCCC2(C)C)ccc1Cl. The van der Waals surface area contributed by atoms with E-state index in [2.05, 4.69) is 19.2 Å². The van der Waals surface area contributed by atoms with Gasteiger partial charge in [0.1, 0.15) is 0 Å². The molecule has 1 aliphatic rings. The predicted octanol–water partition coefficient (Wildman–Crippen LogP) is 4.42. The Bertz CT molecular complexity index is 526. The molecule has 0 spiro atoms. The van der Waals surface area contributed by atoms with Crippen molar-refractivity contribution in [1.29, 1.82) is 0 Å². The summed E-state index contributed by atoms with van der Waals surface area (Å²) < 4.78 is 0. The predicted molar refractivity (Wildman–Crippen MR) is 89.1 cm³/mol. The van der Waals surface area contributed by atoms with Crippen LogP contribution in [0.25, 0.3) is 0 Å². The summed E-state index contributed by atoms with van der Waals surface area (Å²) in [6, 6.07) is 6.07. The highest BCUT2D eigenvalue weighted by molar-refractivity contribution is 6.34. The summed E-state index contributed by atoms with van der Waals surface area (Å²) in [7, 11) is 3.48. The highest BCUT2D eigenvalue weighted by atomic mass is 35.5. The number of nitrogens with one attached hydrogen (secondary N) is 1. The van der Waals surface area contributed by atoms with E-state index in [0.29, 0.717) is 16.6 Å². The first-order valence-electron chi connectivity index (χ1n) is 7.59. The lowest BCUT2D eigenvalue weighted by atomic mass is 9.73. The molecule has 3 nitrogen and oxygen atoms in total. The van der Waals surface area contributed by atoms with Gasteiger partial charge in [0, 0.05) is 25.8 Å². The molecule has 2 rings (SSSR count). The van der Waals surface area contributed by atoms with Crippen molar-refractivity contribution in [2.75, 3.05) is 19.4 Å². The number of benzene rings is 1. The minimum absolute atomic E-state index is 0.0634. The molecule has 1 unspecified atom stereocenters. The summed E-state index contributed by atoms with van der Waals surface area (Å²) >= 11 is 6.16. The average Bonchev–Trinajstić information content (AvgIpc) is 2.42. The van der Waals surface area contributed by atoms with Crippen molar-refractivity contribution in [1.82, 2.24) is 4.90 Å². The fraction of sp³-hybridized carbons (Fsp3) is 0.588. The van der Waals surface area contributed by atoms with Gasteiger partial charge in [-0.2, -0.15) is 0 Å². The van der Waals surface area contributed by atoms with Gasteiger partial charge in [-0.05, 0) is 36.5 Å². The van der Waals surface area contributed by atoms with Gasteiger partial charge in [-0.3, -0.25) is 4.79 Å². The van der Waals surface area contributed by atoms with Crippen molar-refractivity contribution in [3.05, 3.63) is 28.8 Å². The van der Waals surface area contributed by atoms with Crippen molar-refractivity contribution in [2.24, 2.45) is 5.41 Å². The Hall–Kier alpha value is -1.22. The summed E-state index contributed by atoms with van der Waals surface area (Å²) in [5.74, 6) is -0.0634. The molecule has 1 aromatic rings. The van der Waals surface area contributed by atoms with Gasteiger partial charge in [0.15, 0.2) is 0 Å². The Morgan fingerprint density at radius 1 is 1.33 bits per heavy atom. The number of rotatable bonds is 3. The normalized spacial score (nSPS) is 20.9. The van der Waals surface area contributed by atoms with Crippen molar-refractivity contribution in [2.45, 2.75) is 45.6 Å². The quantitative estimate of drug-likeness (QED) is 0.896. The first-order valence-corrected chi connectivity index (χ1v) is 7.97. The molecular formula is C17H25ClN2O. The van der Waals surface area contributed by atoms with E-state index in [4.69, 9.17) is 11.6 Å². The Balaban J connectivity index is 2.21. The fourth-order valence-electron chi connectivity index (χ4n) is 2.98. The molecule has 1 aliphatic carbocycles. The number of carbonyl (C=O) groups excluding carboxylic acids is 1. The first kappa shape index (κ1) is 16.2. The third-order valence-electron chi connectivity index (χ3n) is 4.45. The lowest BCUT2D eigenvalue weighted by Crippen LogP contribution is -2.38. The minimum atomic E-state index is -0.0634. The smallest absolute Gasteiger partial charge is 0.254 e. The van der Waals surface area contributed by atoms with Crippen LogP contribution in [0, 0.1) is 5.41 Å². The van der Waals surface area contributed by atoms with E-state index < -0.39 is 0 Å². The summed E-state index contributed by atoms with van der Waals surface area (Å²) in [4.78, 5) is 13.7. The van der Waals surface area contributed by atoms with Gasteiger partial charge in [0.25, 0.3) is 5.91 Å². The van der Waals surface area contributed by atoms with E-state index in [0.717, 1.165) is 5.69 Å². The van der Waals surface area contributed by atoms with E-state index in [-0.39, 0.29) is 11.3 Å². The lowest BCUT2D eigenvalue weighted by molar-refractivity contribution is 0.0828. The maximum Gasteiger partial charge on any atom is 0.254 e. The van der Waals surface area contributed by atoms with Gasteiger partial charge in [0.05, 0.1) is 10.6 Å². The molecule has 1 fully saturated rings. The fourth-order valence-corrected chi connectivity index (χ4v) is 3.18. The molecule has 0 aliphatic heterocycles. The Labute approximate surface area is 132 Å². The molecule has 0 heterocycles. The van der Waals surface area contributed by atoms with Crippen LogP contribution in [0.2, 0.25) is 5.02 Å². The van der Waals surface area contributed by atoms with Crippen molar-refractivity contribution < 1.29 is 4.79 Å². The first-order chi connectivity index (χ1) is 9.81. The second kappa shape index (κ2) is 6.27. The van der Waals surface area contributed by atoms with Crippen LogP contribution in [-0.4, -0.2) is 30.9 Å². The van der Waals surface area contributed by atoms with Gasteiger partial charge in [0.2, 0.25) is 0 Å². The molecule has 1 aromatic carbocycles. The topological polar surface area (TPSA) is 32.3 Å². The van der Waals surface area contributed by atoms with Crippen LogP contribution < -0.4 is 5.32 Å². The molecule has 1 atom stereocenters. The van der Waals surface area contributed by atoms with Crippen molar-refractivity contribution in [3.63, 3.8) is 0 Å². The van der Waals surface area contributed by atoms with Crippen LogP contribution in [-0.2, 0) is 0 Å². The van der Waals surface area contributed by atoms with Crippen LogP contribution in [0.5, 0.6) is 0 Å². The third kappa shape index (κ3) is 3.70. The zero-order valence-corrected chi connectivity index (χ0v) is 14.1. The van der Waals surface area contributed by atoms with Gasteiger partial charge in [-0.1, -0.05) is 38.3 Å². The van der Waals surface area contributed by atoms with Crippen LogP contribution in [0.15, 0.2) is 18.2 Å². The largest absolute Gasteiger partial charge is 0.382 e. The number of hydrogen-bond acceptors (Lipinski definition) is 2. The second-order valence-corrected chi connectivity index (χ2v) is 7.23. The van der Waals surface area contributed by atoms with E-state index >= 15 is 0 Å². The van der Waals surface area contributed by atoms with E-state index in [9.17, 15) is 4.79 Å². The Morgan fingerprint density at radius 3 is 2.67 bits per heavy atom. The molecule has 1 N–H and O–H groups in total. The number of amides is 1. The standard InChI is InChI=1S/C17H25ClN2O/c1-17(2)10-6-5-7-15(17)19-12-8-9-14(18)13(11-12)16(21)20(3)4/h8-9,11,15,19H,5-7,10H2,1-4H3. The zero-order chi connectivity index (χ0) is 15.6.